The third-order valence-electron chi connectivity index (χ3n) is 15.2. The monoisotopic (exact) mass is 788 g/mol. The van der Waals surface area contributed by atoms with E-state index in [2.05, 4.69) is 0 Å². The van der Waals surface area contributed by atoms with E-state index in [0.29, 0.717) is 5.56 Å². The van der Waals surface area contributed by atoms with E-state index in [1.807, 2.05) is 6.92 Å². The summed E-state index contributed by atoms with van der Waals surface area (Å²) in [6.45, 7) is 18.0. The first-order chi connectivity index (χ1) is 25.8. The molecule has 4 heterocycles. The van der Waals surface area contributed by atoms with Gasteiger partial charge in [-0.05, 0) is 39.7 Å². The molecular weight excluding hydrogens is 732 g/mol. The summed E-state index contributed by atoms with van der Waals surface area (Å²) in [5, 5.41) is 13.6. The highest BCUT2D eigenvalue weighted by Crippen LogP contribution is 2.80. The highest BCUT2D eigenvalue weighted by Gasteiger charge is 2.94. The Labute approximate surface area is 326 Å². The number of rotatable bonds is 9. The smallest absolute Gasteiger partial charge is 0.341 e. The molecule has 1 aromatic heterocycles. The maximum atomic E-state index is 14.8. The SMILES string of the molecule is COC(=O)C1C(C)(C)C(OC(=O)C2(C)OC2C)C23OC(C)(OC)OC2C24OC(=O)C(C(=O)C(C)C)C2C(C)(C(OC(C)=O)c2ccoc2)CCC4C1(C)C3(C)O. The summed E-state index contributed by atoms with van der Waals surface area (Å²) < 4.78 is 55.9. The second-order valence-corrected chi connectivity index (χ2v) is 18.7. The van der Waals surface area contributed by atoms with Gasteiger partial charge in [-0.1, -0.05) is 41.5 Å². The molecule has 310 valence electrons. The van der Waals surface area contributed by atoms with E-state index in [4.69, 9.17) is 42.3 Å². The van der Waals surface area contributed by atoms with Gasteiger partial charge in [0.2, 0.25) is 0 Å². The second kappa shape index (κ2) is 12.3. The van der Waals surface area contributed by atoms with Crippen molar-refractivity contribution in [3.8, 4) is 0 Å². The summed E-state index contributed by atoms with van der Waals surface area (Å²) in [7, 11) is 2.58. The molecule has 15 unspecified atom stereocenters. The van der Waals surface area contributed by atoms with Crippen LogP contribution < -0.4 is 0 Å². The number of Topliss-reactive ketones (excluding diaryl/α,β-unsaturated/α-hetero) is 1. The zero-order chi connectivity index (χ0) is 41.6. The Balaban J connectivity index is 1.60. The summed E-state index contributed by atoms with van der Waals surface area (Å²) in [6, 6.07) is 1.65. The van der Waals surface area contributed by atoms with Crippen LogP contribution in [0.15, 0.2) is 23.0 Å². The van der Waals surface area contributed by atoms with Crippen LogP contribution in [0, 0.1) is 45.8 Å². The molecule has 1 N–H and O–H groups in total. The van der Waals surface area contributed by atoms with Crippen molar-refractivity contribution in [3.05, 3.63) is 24.2 Å². The van der Waals surface area contributed by atoms with E-state index in [1.165, 1.54) is 47.5 Å². The molecule has 3 aliphatic heterocycles. The minimum Gasteiger partial charge on any atom is -0.472 e. The fraction of sp³-hybridized carbons (Fsp3) is 0.780. The van der Waals surface area contributed by atoms with Crippen molar-refractivity contribution in [1.29, 1.82) is 0 Å². The van der Waals surface area contributed by atoms with Gasteiger partial charge in [0.1, 0.15) is 41.2 Å². The molecule has 0 amide bonds. The summed E-state index contributed by atoms with van der Waals surface area (Å²) in [4.78, 5) is 71.1. The predicted molar refractivity (Wildman–Crippen MR) is 191 cm³/mol. The lowest BCUT2D eigenvalue weighted by Gasteiger charge is -2.76. The zero-order valence-electron chi connectivity index (χ0n) is 34.5. The van der Waals surface area contributed by atoms with E-state index < -0.39 is 128 Å². The van der Waals surface area contributed by atoms with Crippen LogP contribution in [0.2, 0.25) is 0 Å². The Kier molecular flexibility index (Phi) is 8.98. The van der Waals surface area contributed by atoms with Gasteiger partial charge < -0.3 is 47.4 Å². The van der Waals surface area contributed by atoms with Gasteiger partial charge in [0.25, 0.3) is 5.97 Å². The van der Waals surface area contributed by atoms with Crippen LogP contribution in [-0.2, 0) is 61.9 Å². The van der Waals surface area contributed by atoms with Gasteiger partial charge in [-0.3, -0.25) is 19.2 Å². The fourth-order valence-corrected chi connectivity index (χ4v) is 12.4. The zero-order valence-corrected chi connectivity index (χ0v) is 34.5. The molecule has 2 bridgehead atoms. The number of ketones is 1. The largest absolute Gasteiger partial charge is 0.472 e. The maximum absolute atomic E-state index is 14.8. The highest BCUT2D eigenvalue weighted by molar-refractivity contribution is 6.02. The topological polar surface area (TPSA) is 196 Å². The number of aliphatic hydroxyl groups is 1. The van der Waals surface area contributed by atoms with Gasteiger partial charge in [0, 0.05) is 60.5 Å². The van der Waals surface area contributed by atoms with Crippen LogP contribution in [0.1, 0.15) is 101 Å². The minimum atomic E-state index is -2.17. The summed E-state index contributed by atoms with van der Waals surface area (Å²) in [5.74, 6) is -10.7. The van der Waals surface area contributed by atoms with Crippen molar-refractivity contribution in [3.63, 3.8) is 0 Å². The molecule has 3 saturated heterocycles. The number of hydrogen-bond donors (Lipinski definition) is 1. The third kappa shape index (κ3) is 4.77. The molecule has 15 heteroatoms. The van der Waals surface area contributed by atoms with Crippen LogP contribution >= 0.6 is 0 Å². The van der Waals surface area contributed by atoms with Crippen LogP contribution in [0.25, 0.3) is 0 Å². The standard InChI is InChI=1S/C41H56O15/c1-19(2)25(43)24-26-35(7,28(51-21(4)42)22-15-17-50-18-22)16-14-23-36(8)27(30(45)48-12)34(5,6)31(52-33(46)37(9)20(3)53-37)41(38(36,10)47)32(40(23,26)54-29(24)44)55-39(11,49-13)56-41/h15,17-20,23-24,26-28,31-32,47H,14,16H2,1-13H3. The van der Waals surface area contributed by atoms with Crippen molar-refractivity contribution in [2.75, 3.05) is 14.2 Å². The molecule has 1 aromatic rings. The first-order valence-corrected chi connectivity index (χ1v) is 19.4. The van der Waals surface area contributed by atoms with Crippen LogP contribution in [0.5, 0.6) is 0 Å². The fourth-order valence-electron chi connectivity index (χ4n) is 12.4. The highest BCUT2D eigenvalue weighted by atomic mass is 16.9. The lowest BCUT2D eigenvalue weighted by Crippen LogP contribution is -2.91. The van der Waals surface area contributed by atoms with Gasteiger partial charge in [0.05, 0.1) is 31.7 Å². The molecule has 6 aliphatic rings. The molecule has 0 aromatic carbocycles. The van der Waals surface area contributed by atoms with E-state index in [1.54, 1.807) is 54.5 Å². The first kappa shape index (κ1) is 40.8. The lowest BCUT2D eigenvalue weighted by atomic mass is 9.31. The summed E-state index contributed by atoms with van der Waals surface area (Å²) in [6.07, 6.45) is -1.34. The number of epoxide rings is 1. The average molecular weight is 789 g/mol. The second-order valence-electron chi connectivity index (χ2n) is 18.7. The normalized spacial score (nSPS) is 47.5. The predicted octanol–water partition coefficient (Wildman–Crippen LogP) is 4.22. The molecule has 15 atom stereocenters. The molecular formula is C41H56O15. The molecule has 15 nitrogen and oxygen atoms in total. The van der Waals surface area contributed by atoms with Crippen molar-refractivity contribution in [1.82, 2.24) is 0 Å². The van der Waals surface area contributed by atoms with Gasteiger partial charge in [-0.25, -0.2) is 4.79 Å². The van der Waals surface area contributed by atoms with Crippen LogP contribution in [0.3, 0.4) is 0 Å². The number of carbonyl (C=O) groups is 5. The van der Waals surface area contributed by atoms with E-state index in [9.17, 15) is 29.1 Å². The Morgan fingerprint density at radius 1 is 1.00 bits per heavy atom. The number of hydrogen-bond acceptors (Lipinski definition) is 15. The van der Waals surface area contributed by atoms with Crippen LogP contribution in [-0.4, -0.2) is 95.7 Å². The number of methoxy groups -OCH3 is 2. The van der Waals surface area contributed by atoms with Crippen molar-refractivity contribution >= 4 is 29.7 Å². The Morgan fingerprint density at radius 2 is 1.64 bits per heavy atom. The number of furan rings is 1. The quantitative estimate of drug-likeness (QED) is 0.162. The molecule has 56 heavy (non-hydrogen) atoms. The number of ether oxygens (including phenoxy) is 8. The first-order valence-electron chi connectivity index (χ1n) is 19.4. The molecule has 0 radical (unpaired) electrons. The number of carbonyl (C=O) groups excluding carboxylic acids is 5. The number of fused-ring (bicyclic) bond motifs is 2. The summed E-state index contributed by atoms with van der Waals surface area (Å²) in [5.41, 5.74) is -11.4. The summed E-state index contributed by atoms with van der Waals surface area (Å²) >= 11 is 0. The minimum absolute atomic E-state index is 0.169. The molecule has 3 saturated carbocycles. The van der Waals surface area contributed by atoms with E-state index in [0.717, 1.165) is 0 Å². The Morgan fingerprint density at radius 3 is 2.16 bits per heavy atom. The van der Waals surface area contributed by atoms with Crippen molar-refractivity contribution in [2.45, 2.75) is 142 Å². The lowest BCUT2D eigenvalue weighted by molar-refractivity contribution is -0.407. The Bertz CT molecular complexity index is 1840. The van der Waals surface area contributed by atoms with Crippen molar-refractivity contribution < 1.29 is 71.4 Å². The van der Waals surface area contributed by atoms with Gasteiger partial charge in [0.15, 0.2) is 11.2 Å². The number of esters is 4. The van der Waals surface area contributed by atoms with Crippen LogP contribution in [0.4, 0.5) is 0 Å². The van der Waals surface area contributed by atoms with Crippen molar-refractivity contribution in [2.24, 2.45) is 45.8 Å². The van der Waals surface area contributed by atoms with E-state index >= 15 is 0 Å². The molecule has 7 rings (SSSR count). The third-order valence-corrected chi connectivity index (χ3v) is 15.2. The molecule has 3 aliphatic carbocycles. The maximum Gasteiger partial charge on any atom is 0.341 e. The Hall–Kier alpha value is -3.37. The van der Waals surface area contributed by atoms with Gasteiger partial charge >= 0.3 is 23.9 Å². The average Bonchev–Trinajstić information content (AvgIpc) is 3.51. The molecule has 6 fully saturated rings. The van der Waals surface area contributed by atoms with Gasteiger partial charge in [-0.2, -0.15) is 0 Å². The molecule has 2 spiro atoms. The van der Waals surface area contributed by atoms with E-state index in [-0.39, 0.29) is 12.8 Å². The van der Waals surface area contributed by atoms with Gasteiger partial charge in [-0.15, -0.1) is 0 Å².